The third kappa shape index (κ3) is 6.82. The van der Waals surface area contributed by atoms with Crippen LogP contribution in [0, 0.1) is 5.82 Å². The Kier molecular flexibility index (Phi) is 8.71. The Morgan fingerprint density at radius 3 is 2.43 bits per heavy atom. The molecule has 2 aliphatic heterocycles. The van der Waals surface area contributed by atoms with Gasteiger partial charge >= 0.3 is 6.03 Å². The van der Waals surface area contributed by atoms with Crippen molar-refractivity contribution >= 4 is 23.3 Å². The SMILES string of the molecule is O=C(C[C@H]1C[C@H]2c3cc(NC(=O)Nc4ccccc4F)ccc3O[C@H]2[C@H](CO)O1)NCc1ccc(Oc2ccccc2)cc1. The molecule has 10 heteroatoms. The second-order valence-electron chi connectivity index (χ2n) is 10.8. The zero-order valence-electron chi connectivity index (χ0n) is 23.7. The number of aliphatic hydroxyl groups excluding tert-OH is 1. The summed E-state index contributed by atoms with van der Waals surface area (Å²) in [4.78, 5) is 25.4. The first kappa shape index (κ1) is 29.2. The maximum absolute atomic E-state index is 13.9. The summed E-state index contributed by atoms with van der Waals surface area (Å²) in [6.45, 7) is 0.0867. The van der Waals surface area contributed by atoms with Gasteiger partial charge in [-0.2, -0.15) is 0 Å². The molecule has 0 aromatic heterocycles. The van der Waals surface area contributed by atoms with Crippen molar-refractivity contribution in [3.8, 4) is 17.2 Å². The van der Waals surface area contributed by atoms with E-state index in [1.807, 2.05) is 60.7 Å². The number of anilines is 2. The van der Waals surface area contributed by atoms with Crippen LogP contribution in [-0.4, -0.2) is 42.0 Å². The van der Waals surface area contributed by atoms with E-state index < -0.39 is 30.2 Å². The van der Waals surface area contributed by atoms with Gasteiger partial charge in [0.2, 0.25) is 5.91 Å². The Labute approximate surface area is 254 Å². The number of rotatable bonds is 9. The highest BCUT2D eigenvalue weighted by molar-refractivity contribution is 6.00. The molecule has 4 aromatic rings. The minimum Gasteiger partial charge on any atom is -0.487 e. The standard InChI is InChI=1S/C34H32FN3O6/c35-28-8-4-5-9-29(28)38-34(41)37-22-12-15-30-26(16-22)27-17-25(43-31(20-39)33(27)44-30)18-32(40)36-19-21-10-13-24(14-11-21)42-23-6-2-1-3-7-23/h1-16,25,27,31,33,39H,17-20H2,(H,36,40)(H2,37,38,41)/t25-,27+,31+,33-/m1/s1. The first-order chi connectivity index (χ1) is 21.4. The van der Waals surface area contributed by atoms with Crippen molar-refractivity contribution in [1.82, 2.24) is 5.32 Å². The first-order valence-electron chi connectivity index (χ1n) is 14.4. The number of urea groups is 1. The van der Waals surface area contributed by atoms with Gasteiger partial charge < -0.3 is 35.3 Å². The van der Waals surface area contributed by atoms with E-state index >= 15 is 0 Å². The highest BCUT2D eigenvalue weighted by Gasteiger charge is 2.46. The van der Waals surface area contributed by atoms with Gasteiger partial charge in [0, 0.05) is 23.7 Å². The molecule has 4 N–H and O–H groups in total. The van der Waals surface area contributed by atoms with Crippen LogP contribution in [0.3, 0.4) is 0 Å². The smallest absolute Gasteiger partial charge is 0.323 e. The minimum absolute atomic E-state index is 0.0694. The van der Waals surface area contributed by atoms with Gasteiger partial charge in [0.15, 0.2) is 0 Å². The summed E-state index contributed by atoms with van der Waals surface area (Å²) in [5.41, 5.74) is 2.35. The lowest BCUT2D eigenvalue weighted by atomic mass is 9.84. The number of halogens is 1. The summed E-state index contributed by atoms with van der Waals surface area (Å²) in [5, 5.41) is 18.2. The van der Waals surface area contributed by atoms with Crippen molar-refractivity contribution in [3.05, 3.63) is 114 Å². The molecule has 4 aromatic carbocycles. The molecular weight excluding hydrogens is 565 g/mol. The molecule has 3 amide bonds. The highest BCUT2D eigenvalue weighted by atomic mass is 19.1. The molecule has 1 fully saturated rings. The maximum Gasteiger partial charge on any atom is 0.323 e. The van der Waals surface area contributed by atoms with Crippen molar-refractivity contribution in [2.24, 2.45) is 0 Å². The van der Waals surface area contributed by atoms with E-state index in [2.05, 4.69) is 16.0 Å². The van der Waals surface area contributed by atoms with Gasteiger partial charge in [-0.3, -0.25) is 4.79 Å². The van der Waals surface area contributed by atoms with Gasteiger partial charge in [-0.25, -0.2) is 9.18 Å². The molecule has 44 heavy (non-hydrogen) atoms. The third-order valence-electron chi connectivity index (χ3n) is 7.68. The van der Waals surface area contributed by atoms with Crippen LogP contribution in [0.2, 0.25) is 0 Å². The van der Waals surface area contributed by atoms with Gasteiger partial charge in [-0.05, 0) is 66.6 Å². The van der Waals surface area contributed by atoms with E-state index in [0.29, 0.717) is 30.2 Å². The Balaban J connectivity index is 1.05. The molecule has 226 valence electrons. The summed E-state index contributed by atoms with van der Waals surface area (Å²) in [6.07, 6.45) is -0.860. The molecule has 0 spiro atoms. The normalized spacial score (nSPS) is 20.0. The van der Waals surface area contributed by atoms with E-state index in [1.165, 1.54) is 12.1 Å². The van der Waals surface area contributed by atoms with Crippen molar-refractivity contribution in [3.63, 3.8) is 0 Å². The monoisotopic (exact) mass is 597 g/mol. The number of aliphatic hydroxyl groups is 1. The van der Waals surface area contributed by atoms with E-state index in [-0.39, 0.29) is 30.5 Å². The molecule has 0 radical (unpaired) electrons. The Bertz CT molecular complexity index is 1620. The van der Waals surface area contributed by atoms with E-state index in [9.17, 15) is 19.1 Å². The van der Waals surface area contributed by atoms with Gasteiger partial charge in [0.05, 0.1) is 24.8 Å². The van der Waals surface area contributed by atoms with Crippen molar-refractivity contribution in [1.29, 1.82) is 0 Å². The minimum atomic E-state index is -0.614. The average molecular weight is 598 g/mol. The fourth-order valence-electron chi connectivity index (χ4n) is 5.59. The number of carbonyl (C=O) groups is 2. The lowest BCUT2D eigenvalue weighted by molar-refractivity contribution is -0.142. The zero-order chi connectivity index (χ0) is 30.5. The highest BCUT2D eigenvalue weighted by Crippen LogP contribution is 2.47. The Morgan fingerprint density at radius 2 is 1.66 bits per heavy atom. The van der Waals surface area contributed by atoms with Crippen LogP contribution in [0.5, 0.6) is 17.2 Å². The molecule has 0 saturated carbocycles. The fourth-order valence-corrected chi connectivity index (χ4v) is 5.59. The predicted octanol–water partition coefficient (Wildman–Crippen LogP) is 5.96. The summed E-state index contributed by atoms with van der Waals surface area (Å²) < 4.78 is 32.0. The Morgan fingerprint density at radius 1 is 0.909 bits per heavy atom. The predicted molar refractivity (Wildman–Crippen MR) is 162 cm³/mol. The van der Waals surface area contributed by atoms with Crippen LogP contribution in [0.1, 0.15) is 29.9 Å². The van der Waals surface area contributed by atoms with Crippen LogP contribution in [0.15, 0.2) is 97.1 Å². The Hall–Kier alpha value is -4.93. The van der Waals surface area contributed by atoms with Gasteiger partial charge in [-0.15, -0.1) is 0 Å². The zero-order valence-corrected chi connectivity index (χ0v) is 23.7. The van der Waals surface area contributed by atoms with Crippen LogP contribution in [0.4, 0.5) is 20.6 Å². The second-order valence-corrected chi connectivity index (χ2v) is 10.8. The van der Waals surface area contributed by atoms with Gasteiger partial charge in [0.1, 0.15) is 35.3 Å². The number of hydrogen-bond acceptors (Lipinski definition) is 6. The molecule has 1 saturated heterocycles. The lowest BCUT2D eigenvalue weighted by Crippen LogP contribution is -2.47. The van der Waals surface area contributed by atoms with Crippen LogP contribution < -0.4 is 25.4 Å². The quantitative estimate of drug-likeness (QED) is 0.189. The molecule has 0 bridgehead atoms. The van der Waals surface area contributed by atoms with Crippen LogP contribution in [0.25, 0.3) is 0 Å². The summed E-state index contributed by atoms with van der Waals surface area (Å²) in [5.74, 6) is 1.22. The molecular formula is C34H32FN3O6. The topological polar surface area (TPSA) is 118 Å². The molecule has 0 aliphatic carbocycles. The number of carbonyl (C=O) groups excluding carboxylic acids is 2. The maximum atomic E-state index is 13.9. The molecule has 4 atom stereocenters. The van der Waals surface area contributed by atoms with Gasteiger partial charge in [-0.1, -0.05) is 42.5 Å². The largest absolute Gasteiger partial charge is 0.487 e. The number of ether oxygens (including phenoxy) is 3. The lowest BCUT2D eigenvalue weighted by Gasteiger charge is -2.37. The van der Waals surface area contributed by atoms with Crippen LogP contribution in [-0.2, 0) is 16.1 Å². The van der Waals surface area contributed by atoms with Gasteiger partial charge in [0.25, 0.3) is 0 Å². The van der Waals surface area contributed by atoms with E-state index in [1.54, 1.807) is 24.3 Å². The average Bonchev–Trinajstić information content (AvgIpc) is 3.40. The van der Waals surface area contributed by atoms with E-state index in [0.717, 1.165) is 16.9 Å². The van der Waals surface area contributed by atoms with Crippen molar-refractivity contribution in [2.75, 3.05) is 17.2 Å². The number of benzene rings is 4. The molecule has 2 aliphatic rings. The van der Waals surface area contributed by atoms with E-state index in [4.69, 9.17) is 14.2 Å². The van der Waals surface area contributed by atoms with Crippen molar-refractivity contribution in [2.45, 2.75) is 43.6 Å². The summed E-state index contributed by atoms with van der Waals surface area (Å²) in [7, 11) is 0. The first-order valence-corrected chi connectivity index (χ1v) is 14.4. The van der Waals surface area contributed by atoms with Crippen LogP contribution >= 0.6 is 0 Å². The second kappa shape index (κ2) is 13.2. The molecule has 2 heterocycles. The number of fused-ring (bicyclic) bond motifs is 3. The third-order valence-corrected chi connectivity index (χ3v) is 7.68. The molecule has 6 rings (SSSR count). The summed E-state index contributed by atoms with van der Waals surface area (Å²) >= 11 is 0. The number of nitrogens with one attached hydrogen (secondary N) is 3. The fraction of sp³-hybridized carbons (Fsp3) is 0.235. The number of para-hydroxylation sites is 2. The van der Waals surface area contributed by atoms with Crippen molar-refractivity contribution < 1.29 is 33.3 Å². The molecule has 9 nitrogen and oxygen atoms in total. The molecule has 0 unspecified atom stereocenters. The number of hydrogen-bond donors (Lipinski definition) is 4. The summed E-state index contributed by atoms with van der Waals surface area (Å²) in [6, 6.07) is 27.6. The number of amides is 3.